The van der Waals surface area contributed by atoms with E-state index in [0.29, 0.717) is 30.0 Å². The van der Waals surface area contributed by atoms with E-state index in [2.05, 4.69) is 9.97 Å². The highest BCUT2D eigenvalue weighted by Gasteiger charge is 2.25. The Kier molecular flexibility index (Phi) is 7.40. The summed E-state index contributed by atoms with van der Waals surface area (Å²) in [6.45, 7) is 2.42. The first kappa shape index (κ1) is 22.8. The van der Waals surface area contributed by atoms with Gasteiger partial charge in [-0.15, -0.1) is 0 Å². The monoisotopic (exact) mass is 439 g/mol. The number of carbonyl (C=O) groups excluding carboxylic acids is 1. The summed E-state index contributed by atoms with van der Waals surface area (Å²) < 4.78 is 12.0. The van der Waals surface area contributed by atoms with Gasteiger partial charge < -0.3 is 15.2 Å². The maximum absolute atomic E-state index is 13.3. The van der Waals surface area contributed by atoms with Crippen LogP contribution < -0.4 is 26.6 Å². The van der Waals surface area contributed by atoms with E-state index in [0.717, 1.165) is 0 Å². The van der Waals surface area contributed by atoms with Gasteiger partial charge in [-0.3, -0.25) is 29.0 Å². The van der Waals surface area contributed by atoms with E-state index in [-0.39, 0.29) is 24.7 Å². The molecule has 10 heteroatoms. The van der Waals surface area contributed by atoms with Gasteiger partial charge >= 0.3 is 5.69 Å². The first-order valence-corrected chi connectivity index (χ1v) is 10.1. The molecule has 0 aliphatic carbocycles. The third kappa shape index (κ3) is 5.03. The minimum Gasteiger partial charge on any atom is -0.456 e. The Bertz CT molecular complexity index is 1170. The number of carbonyl (C=O) groups is 1. The van der Waals surface area contributed by atoms with Crippen LogP contribution in [0.25, 0.3) is 0 Å². The van der Waals surface area contributed by atoms with Crippen molar-refractivity contribution >= 4 is 17.4 Å². The lowest BCUT2D eigenvalue weighted by Gasteiger charge is -2.24. The molecule has 10 nitrogen and oxygen atoms in total. The van der Waals surface area contributed by atoms with Crippen molar-refractivity contribution in [3.8, 4) is 11.5 Å². The van der Waals surface area contributed by atoms with Gasteiger partial charge in [-0.25, -0.2) is 4.79 Å². The molecule has 0 radical (unpaired) electrons. The third-order valence-corrected chi connectivity index (χ3v) is 4.67. The quantitative estimate of drug-likeness (QED) is 0.521. The largest absolute Gasteiger partial charge is 0.456 e. The molecule has 3 rings (SSSR count). The number of amides is 1. The zero-order chi connectivity index (χ0) is 23.1. The first-order valence-electron chi connectivity index (χ1n) is 10.1. The second-order valence-electron chi connectivity index (χ2n) is 6.91. The average molecular weight is 439 g/mol. The van der Waals surface area contributed by atoms with Gasteiger partial charge in [0.1, 0.15) is 17.3 Å². The molecule has 0 fully saturated rings. The van der Waals surface area contributed by atoms with Crippen LogP contribution in [0.5, 0.6) is 11.5 Å². The van der Waals surface area contributed by atoms with Crippen LogP contribution in [0.15, 0.2) is 58.4 Å². The molecular weight excluding hydrogens is 414 g/mol. The number of rotatable bonds is 9. The average Bonchev–Trinajstić information content (AvgIpc) is 2.79. The molecule has 0 atom stereocenters. The molecular formula is C22H25N5O5. The molecule has 0 unspecified atom stereocenters. The topological polar surface area (TPSA) is 133 Å². The highest BCUT2D eigenvalue weighted by Crippen LogP contribution is 2.23. The summed E-state index contributed by atoms with van der Waals surface area (Å²) in [6.07, 6.45) is 3.84. The zero-order valence-corrected chi connectivity index (χ0v) is 17.9. The van der Waals surface area contributed by atoms with Gasteiger partial charge in [0.05, 0.1) is 12.8 Å². The Morgan fingerprint density at radius 1 is 1.19 bits per heavy atom. The van der Waals surface area contributed by atoms with Gasteiger partial charge in [-0.1, -0.05) is 6.92 Å². The number of ether oxygens (including phenoxy) is 2. The summed E-state index contributed by atoms with van der Waals surface area (Å²) in [7, 11) is 1.48. The normalized spacial score (nSPS) is 10.7. The van der Waals surface area contributed by atoms with Crippen LogP contribution >= 0.6 is 0 Å². The Balaban J connectivity index is 1.94. The van der Waals surface area contributed by atoms with E-state index >= 15 is 0 Å². The van der Waals surface area contributed by atoms with Crippen molar-refractivity contribution in [2.75, 3.05) is 30.9 Å². The second kappa shape index (κ2) is 10.4. The minimum atomic E-state index is -0.735. The van der Waals surface area contributed by atoms with Crippen LogP contribution in [0, 0.1) is 0 Å². The summed E-state index contributed by atoms with van der Waals surface area (Å²) >= 11 is 0. The molecule has 1 aromatic carbocycles. The van der Waals surface area contributed by atoms with Crippen molar-refractivity contribution in [1.29, 1.82) is 0 Å². The number of nitrogens with zero attached hydrogens (tertiary/aromatic N) is 3. The standard InChI is InChI=1S/C22H25N5O5/c1-3-11-27-19(23)18(20(28)25-22(27)30)26(12-13-31-2)21(29)15-6-8-16(9-7-15)32-17-5-4-10-24-14-17/h4-10,14H,3,11-13,23H2,1-2H3,(H,25,28,30). The molecule has 0 spiro atoms. The van der Waals surface area contributed by atoms with Gasteiger partial charge in [-0.05, 0) is 42.8 Å². The number of nitrogens with two attached hydrogens (primary N) is 1. The van der Waals surface area contributed by atoms with Crippen molar-refractivity contribution in [3.05, 3.63) is 75.2 Å². The van der Waals surface area contributed by atoms with Crippen LogP contribution in [-0.4, -0.2) is 40.7 Å². The van der Waals surface area contributed by atoms with E-state index in [4.69, 9.17) is 15.2 Å². The summed E-state index contributed by atoms with van der Waals surface area (Å²) in [5.41, 5.74) is 5.02. The zero-order valence-electron chi connectivity index (χ0n) is 17.9. The van der Waals surface area contributed by atoms with Gasteiger partial charge in [0.15, 0.2) is 5.69 Å². The third-order valence-electron chi connectivity index (χ3n) is 4.67. The smallest absolute Gasteiger partial charge is 0.330 e. The lowest BCUT2D eigenvalue weighted by Crippen LogP contribution is -2.42. The molecule has 0 saturated carbocycles. The highest BCUT2D eigenvalue weighted by molar-refractivity contribution is 6.07. The fourth-order valence-corrected chi connectivity index (χ4v) is 3.15. The summed E-state index contributed by atoms with van der Waals surface area (Å²) in [6, 6.07) is 9.96. The molecule has 0 aliphatic heterocycles. The Morgan fingerprint density at radius 2 is 1.94 bits per heavy atom. The van der Waals surface area contributed by atoms with Crippen LogP contribution in [0.1, 0.15) is 23.7 Å². The molecule has 2 aromatic heterocycles. The van der Waals surface area contributed by atoms with Gasteiger partial charge in [0.2, 0.25) is 0 Å². The lowest BCUT2D eigenvalue weighted by molar-refractivity contribution is 0.0975. The van der Waals surface area contributed by atoms with Crippen molar-refractivity contribution in [1.82, 2.24) is 14.5 Å². The maximum atomic E-state index is 13.3. The van der Waals surface area contributed by atoms with Gasteiger partial charge in [-0.2, -0.15) is 0 Å². The number of aromatic amines is 1. The van der Waals surface area contributed by atoms with E-state index in [1.165, 1.54) is 16.6 Å². The molecule has 0 bridgehead atoms. The first-order chi connectivity index (χ1) is 15.5. The number of methoxy groups -OCH3 is 1. The summed E-state index contributed by atoms with van der Waals surface area (Å²) in [5.74, 6) is 0.549. The molecule has 3 N–H and O–H groups in total. The Labute approximate surface area is 184 Å². The van der Waals surface area contributed by atoms with Crippen LogP contribution in [0.3, 0.4) is 0 Å². The summed E-state index contributed by atoms with van der Waals surface area (Å²) in [4.78, 5) is 45.5. The second-order valence-corrected chi connectivity index (χ2v) is 6.91. The van der Waals surface area contributed by atoms with Crippen LogP contribution in [0.2, 0.25) is 0 Å². The predicted octanol–water partition coefficient (Wildman–Crippen LogP) is 2.01. The molecule has 2 heterocycles. The molecule has 32 heavy (non-hydrogen) atoms. The highest BCUT2D eigenvalue weighted by atomic mass is 16.5. The van der Waals surface area contributed by atoms with Crippen molar-refractivity contribution < 1.29 is 14.3 Å². The number of anilines is 2. The number of nitrogen functional groups attached to an aromatic ring is 1. The van der Waals surface area contributed by atoms with Gasteiger partial charge in [0, 0.05) is 32.0 Å². The number of hydrogen-bond acceptors (Lipinski definition) is 7. The maximum Gasteiger partial charge on any atom is 0.330 e. The van der Waals surface area contributed by atoms with Crippen molar-refractivity contribution in [3.63, 3.8) is 0 Å². The van der Waals surface area contributed by atoms with Crippen LogP contribution in [0.4, 0.5) is 11.5 Å². The van der Waals surface area contributed by atoms with E-state index in [1.54, 1.807) is 48.8 Å². The lowest BCUT2D eigenvalue weighted by atomic mass is 10.1. The van der Waals surface area contributed by atoms with E-state index < -0.39 is 17.2 Å². The number of pyridine rings is 1. The predicted molar refractivity (Wildman–Crippen MR) is 120 cm³/mol. The number of hydrogen-bond donors (Lipinski definition) is 2. The van der Waals surface area contributed by atoms with E-state index in [9.17, 15) is 14.4 Å². The number of H-pyrrole nitrogens is 1. The molecule has 1 amide bonds. The minimum absolute atomic E-state index is 0.0680. The molecule has 168 valence electrons. The Hall–Kier alpha value is -3.92. The fraction of sp³-hybridized carbons (Fsp3) is 0.273. The van der Waals surface area contributed by atoms with Crippen molar-refractivity contribution in [2.45, 2.75) is 19.9 Å². The molecule has 3 aromatic rings. The number of benzene rings is 1. The van der Waals surface area contributed by atoms with Crippen molar-refractivity contribution in [2.24, 2.45) is 0 Å². The Morgan fingerprint density at radius 3 is 2.56 bits per heavy atom. The van der Waals surface area contributed by atoms with Gasteiger partial charge in [0.25, 0.3) is 11.5 Å². The van der Waals surface area contributed by atoms with E-state index in [1.807, 2.05) is 6.92 Å². The van der Waals surface area contributed by atoms with Crippen LogP contribution in [-0.2, 0) is 11.3 Å². The number of aromatic nitrogens is 3. The molecule has 0 saturated heterocycles. The molecule has 0 aliphatic rings. The number of nitrogens with one attached hydrogen (secondary N) is 1. The fourth-order valence-electron chi connectivity index (χ4n) is 3.15. The SMILES string of the molecule is CCCn1c(N)c(N(CCOC)C(=O)c2ccc(Oc3cccnc3)cc2)c(=O)[nH]c1=O. The summed E-state index contributed by atoms with van der Waals surface area (Å²) in [5, 5.41) is 0.